The maximum Gasteiger partial charge on any atom is 0.354 e. The average Bonchev–Trinajstić information content (AvgIpc) is 2.87. The third-order valence-corrected chi connectivity index (χ3v) is 4.22. The van der Waals surface area contributed by atoms with Crippen molar-refractivity contribution in [2.45, 2.75) is 47.1 Å². The highest BCUT2D eigenvalue weighted by Gasteiger charge is 2.29. The number of aryl methyl sites for hydroxylation is 1. The summed E-state index contributed by atoms with van der Waals surface area (Å²) >= 11 is 0. The van der Waals surface area contributed by atoms with Crippen molar-refractivity contribution >= 4 is 17.7 Å². The molecule has 1 unspecified atom stereocenters. The predicted octanol–water partition coefficient (Wildman–Crippen LogP) is 2.26. The summed E-state index contributed by atoms with van der Waals surface area (Å²) in [6.45, 7) is 10.1. The smallest absolute Gasteiger partial charge is 0.354 e. The van der Waals surface area contributed by atoms with Crippen LogP contribution in [0.15, 0.2) is 0 Å². The van der Waals surface area contributed by atoms with E-state index in [1.807, 2.05) is 6.92 Å². The molecule has 0 radical (unpaired) electrons. The lowest BCUT2D eigenvalue weighted by Gasteiger charge is -2.27. The number of hydrogen-bond donors (Lipinski definition) is 1. The Kier molecular flexibility index (Phi) is 7.83. The van der Waals surface area contributed by atoms with Crippen molar-refractivity contribution < 1.29 is 23.9 Å². The molecule has 1 heterocycles. The number of Topliss-reactive ketones (excluding diaryl/α,β-unsaturated/α-hetero) is 1. The molecule has 140 valence electrons. The molecule has 1 rings (SSSR count). The summed E-state index contributed by atoms with van der Waals surface area (Å²) in [7, 11) is 1.29. The van der Waals surface area contributed by atoms with Crippen LogP contribution in [0.4, 0.5) is 0 Å². The van der Waals surface area contributed by atoms with Crippen LogP contribution in [0.5, 0.6) is 0 Å². The van der Waals surface area contributed by atoms with Gasteiger partial charge in [0.2, 0.25) is 5.91 Å². The van der Waals surface area contributed by atoms with Crippen LogP contribution in [0.3, 0.4) is 0 Å². The molecular weight excluding hydrogens is 324 g/mol. The molecule has 1 atom stereocenters. The van der Waals surface area contributed by atoms with Gasteiger partial charge < -0.3 is 19.4 Å². The Hall–Kier alpha value is -2.15. The van der Waals surface area contributed by atoms with Crippen LogP contribution in [0, 0.1) is 13.8 Å². The SMILES string of the molecule is CCOCCCN(C(C)=O)C(C)C(=O)c1c(C)[nH]c(C(=O)OC)c1C. The number of esters is 1. The van der Waals surface area contributed by atoms with E-state index < -0.39 is 12.0 Å². The monoisotopic (exact) mass is 352 g/mol. The summed E-state index contributed by atoms with van der Waals surface area (Å²) in [5, 5.41) is 0. The first kappa shape index (κ1) is 20.9. The molecule has 0 bridgehead atoms. The van der Waals surface area contributed by atoms with Gasteiger partial charge in [0.05, 0.1) is 13.2 Å². The van der Waals surface area contributed by atoms with Crippen molar-refractivity contribution in [2.75, 3.05) is 26.9 Å². The standard InChI is InChI=1S/C18H28N2O5/c1-7-25-10-8-9-20(14(5)21)13(4)17(22)15-11(2)16(18(23)24-6)19-12(15)3/h13,19H,7-10H2,1-6H3. The third-order valence-electron chi connectivity index (χ3n) is 4.22. The van der Waals surface area contributed by atoms with Gasteiger partial charge in [-0.2, -0.15) is 0 Å². The fourth-order valence-corrected chi connectivity index (χ4v) is 2.88. The van der Waals surface area contributed by atoms with E-state index in [-0.39, 0.29) is 17.4 Å². The Bertz CT molecular complexity index is 636. The Morgan fingerprint density at radius 2 is 1.88 bits per heavy atom. The maximum absolute atomic E-state index is 12.9. The number of carbonyl (C=O) groups excluding carboxylic acids is 3. The fourth-order valence-electron chi connectivity index (χ4n) is 2.88. The number of ketones is 1. The van der Waals surface area contributed by atoms with Gasteiger partial charge in [-0.1, -0.05) is 0 Å². The third kappa shape index (κ3) is 4.92. The Morgan fingerprint density at radius 3 is 2.40 bits per heavy atom. The van der Waals surface area contributed by atoms with Gasteiger partial charge in [-0.25, -0.2) is 4.79 Å². The van der Waals surface area contributed by atoms with Crippen LogP contribution in [-0.2, 0) is 14.3 Å². The molecule has 0 fully saturated rings. The first-order valence-electron chi connectivity index (χ1n) is 8.42. The largest absolute Gasteiger partial charge is 0.464 e. The number of methoxy groups -OCH3 is 1. The molecule has 1 amide bonds. The van der Waals surface area contributed by atoms with Crippen LogP contribution in [0.1, 0.15) is 59.3 Å². The van der Waals surface area contributed by atoms with Crippen molar-refractivity contribution in [1.82, 2.24) is 9.88 Å². The maximum atomic E-state index is 12.9. The zero-order valence-electron chi connectivity index (χ0n) is 15.9. The van der Waals surface area contributed by atoms with Gasteiger partial charge in [-0.3, -0.25) is 9.59 Å². The van der Waals surface area contributed by atoms with Crippen LogP contribution in [0.25, 0.3) is 0 Å². The number of nitrogens with zero attached hydrogens (tertiary/aromatic N) is 1. The molecule has 0 saturated carbocycles. The van der Waals surface area contributed by atoms with E-state index in [1.165, 1.54) is 18.9 Å². The Balaban J connectivity index is 3.01. The number of aromatic amines is 1. The summed E-state index contributed by atoms with van der Waals surface area (Å²) in [5.41, 5.74) is 1.83. The van der Waals surface area contributed by atoms with Crippen LogP contribution >= 0.6 is 0 Å². The molecule has 0 aliphatic carbocycles. The van der Waals surface area contributed by atoms with Gasteiger partial charge in [0.15, 0.2) is 5.78 Å². The lowest BCUT2D eigenvalue weighted by Crippen LogP contribution is -2.43. The molecule has 7 nitrogen and oxygen atoms in total. The zero-order valence-corrected chi connectivity index (χ0v) is 15.9. The minimum Gasteiger partial charge on any atom is -0.464 e. The molecule has 0 aromatic carbocycles. The Labute approximate surface area is 148 Å². The van der Waals surface area contributed by atoms with Crippen LogP contribution in [0.2, 0.25) is 0 Å². The highest BCUT2D eigenvalue weighted by Crippen LogP contribution is 2.22. The number of amides is 1. The van der Waals surface area contributed by atoms with Crippen LogP contribution in [-0.4, -0.2) is 60.5 Å². The molecular formula is C18H28N2O5. The van der Waals surface area contributed by atoms with Gasteiger partial charge >= 0.3 is 5.97 Å². The second-order valence-electron chi connectivity index (χ2n) is 5.92. The number of hydrogen-bond acceptors (Lipinski definition) is 5. The van der Waals surface area contributed by atoms with E-state index in [0.29, 0.717) is 43.0 Å². The molecule has 0 saturated heterocycles. The number of ether oxygens (including phenoxy) is 2. The van der Waals surface area contributed by atoms with Gasteiger partial charge in [0.25, 0.3) is 0 Å². The number of aromatic nitrogens is 1. The van der Waals surface area contributed by atoms with Gasteiger partial charge in [-0.05, 0) is 39.7 Å². The van der Waals surface area contributed by atoms with E-state index in [9.17, 15) is 14.4 Å². The number of H-pyrrole nitrogens is 1. The number of nitrogens with one attached hydrogen (secondary N) is 1. The van der Waals surface area contributed by atoms with Crippen molar-refractivity contribution in [3.05, 3.63) is 22.5 Å². The van der Waals surface area contributed by atoms with E-state index in [4.69, 9.17) is 9.47 Å². The topological polar surface area (TPSA) is 88.7 Å². The zero-order chi connectivity index (χ0) is 19.1. The predicted molar refractivity (Wildman–Crippen MR) is 93.9 cm³/mol. The van der Waals surface area contributed by atoms with Crippen molar-refractivity contribution in [3.63, 3.8) is 0 Å². The van der Waals surface area contributed by atoms with E-state index in [2.05, 4.69) is 4.98 Å². The molecule has 1 aromatic rings. The molecule has 1 aromatic heterocycles. The first-order chi connectivity index (χ1) is 11.8. The summed E-state index contributed by atoms with van der Waals surface area (Å²) < 4.78 is 10.0. The number of carbonyl (C=O) groups is 3. The summed E-state index contributed by atoms with van der Waals surface area (Å²) in [6, 6.07) is -0.627. The quantitative estimate of drug-likeness (QED) is 0.418. The molecule has 1 N–H and O–H groups in total. The summed E-state index contributed by atoms with van der Waals surface area (Å²) in [5.74, 6) is -0.892. The number of rotatable bonds is 9. The second kappa shape index (κ2) is 9.36. The molecule has 7 heteroatoms. The van der Waals surface area contributed by atoms with Crippen molar-refractivity contribution in [2.24, 2.45) is 0 Å². The van der Waals surface area contributed by atoms with Crippen molar-refractivity contribution in [3.8, 4) is 0 Å². The minimum absolute atomic E-state index is 0.170. The molecule has 25 heavy (non-hydrogen) atoms. The van der Waals surface area contributed by atoms with E-state index in [0.717, 1.165) is 0 Å². The van der Waals surface area contributed by atoms with Gasteiger partial charge in [0.1, 0.15) is 5.69 Å². The van der Waals surface area contributed by atoms with E-state index in [1.54, 1.807) is 20.8 Å². The van der Waals surface area contributed by atoms with Gasteiger partial charge in [0, 0.05) is 37.9 Å². The fraction of sp³-hybridized carbons (Fsp3) is 0.611. The molecule has 0 aliphatic heterocycles. The van der Waals surface area contributed by atoms with E-state index >= 15 is 0 Å². The highest BCUT2D eigenvalue weighted by molar-refractivity contribution is 6.06. The highest BCUT2D eigenvalue weighted by atomic mass is 16.5. The lowest BCUT2D eigenvalue weighted by molar-refractivity contribution is -0.130. The molecule has 0 aliphatic rings. The molecule has 0 spiro atoms. The Morgan fingerprint density at radius 1 is 1.24 bits per heavy atom. The summed E-state index contributed by atoms with van der Waals surface area (Å²) in [6.07, 6.45) is 0.656. The van der Waals surface area contributed by atoms with Crippen LogP contribution < -0.4 is 0 Å². The normalized spacial score (nSPS) is 11.9. The first-order valence-corrected chi connectivity index (χ1v) is 8.42. The minimum atomic E-state index is -0.627. The van der Waals surface area contributed by atoms with Crippen molar-refractivity contribution in [1.29, 1.82) is 0 Å². The average molecular weight is 352 g/mol. The summed E-state index contributed by atoms with van der Waals surface area (Å²) in [4.78, 5) is 41.1. The second-order valence-corrected chi connectivity index (χ2v) is 5.92. The lowest BCUT2D eigenvalue weighted by atomic mass is 9.99. The van der Waals surface area contributed by atoms with Gasteiger partial charge in [-0.15, -0.1) is 0 Å².